The molecule has 1 rings (SSSR count). The van der Waals surface area contributed by atoms with Crippen LogP contribution in [0.2, 0.25) is 0 Å². The molecule has 0 aromatic carbocycles. The molecule has 0 radical (unpaired) electrons. The third-order valence-corrected chi connectivity index (χ3v) is 3.35. The molecule has 1 saturated carbocycles. The number of carboxylic acids is 1. The van der Waals surface area contributed by atoms with Crippen molar-refractivity contribution < 1.29 is 9.90 Å². The van der Waals surface area contributed by atoms with Gasteiger partial charge in [-0.05, 0) is 43.4 Å². The third-order valence-electron chi connectivity index (χ3n) is 2.58. The number of thioether (sulfide) groups is 1. The van der Waals surface area contributed by atoms with E-state index in [1.165, 1.54) is 11.8 Å². The van der Waals surface area contributed by atoms with Gasteiger partial charge in [-0.3, -0.25) is 4.79 Å². The van der Waals surface area contributed by atoms with Crippen LogP contribution in [0.25, 0.3) is 0 Å². The van der Waals surface area contributed by atoms with E-state index in [0.29, 0.717) is 5.92 Å². The van der Waals surface area contributed by atoms with Gasteiger partial charge in [0.05, 0.1) is 5.92 Å². The second-order valence-corrected chi connectivity index (χ2v) is 4.26. The maximum absolute atomic E-state index is 10.6. The van der Waals surface area contributed by atoms with Gasteiger partial charge < -0.3 is 5.11 Å². The lowest BCUT2D eigenvalue weighted by atomic mass is 9.83. The fourth-order valence-electron chi connectivity index (χ4n) is 1.73. The standard InChI is InChI=1S/C9H13NO2S/c10-6-13-5-7-1-3-8(4-2-7)9(11)12/h7-8H,1-5H2,(H,11,12). The van der Waals surface area contributed by atoms with Gasteiger partial charge in [0.2, 0.25) is 0 Å². The predicted molar refractivity (Wildman–Crippen MR) is 51.2 cm³/mol. The summed E-state index contributed by atoms with van der Waals surface area (Å²) >= 11 is 1.28. The zero-order valence-electron chi connectivity index (χ0n) is 7.40. The summed E-state index contributed by atoms with van der Waals surface area (Å²) in [5.41, 5.74) is 0. The summed E-state index contributed by atoms with van der Waals surface area (Å²) in [5, 5.41) is 19.1. The number of hydrogen-bond acceptors (Lipinski definition) is 3. The Hall–Kier alpha value is -0.690. The van der Waals surface area contributed by atoms with E-state index in [1.807, 2.05) is 5.40 Å². The lowest BCUT2D eigenvalue weighted by Crippen LogP contribution is -2.22. The van der Waals surface area contributed by atoms with Crippen LogP contribution in [0.5, 0.6) is 0 Å². The van der Waals surface area contributed by atoms with Crippen LogP contribution in [0.4, 0.5) is 0 Å². The highest BCUT2D eigenvalue weighted by Gasteiger charge is 2.25. The van der Waals surface area contributed by atoms with Crippen molar-refractivity contribution >= 4 is 17.7 Å². The van der Waals surface area contributed by atoms with Gasteiger partial charge in [0.15, 0.2) is 0 Å². The van der Waals surface area contributed by atoms with Crippen LogP contribution in [0.1, 0.15) is 25.7 Å². The Morgan fingerprint density at radius 3 is 2.54 bits per heavy atom. The summed E-state index contributed by atoms with van der Waals surface area (Å²) in [6, 6.07) is 0. The number of nitrogens with zero attached hydrogens (tertiary/aromatic N) is 1. The highest BCUT2D eigenvalue weighted by atomic mass is 32.2. The Bertz CT molecular complexity index is 216. The molecular weight excluding hydrogens is 186 g/mol. The number of thiocyanates is 1. The van der Waals surface area contributed by atoms with Crippen molar-refractivity contribution in [3.63, 3.8) is 0 Å². The largest absolute Gasteiger partial charge is 0.481 e. The number of nitriles is 1. The minimum Gasteiger partial charge on any atom is -0.481 e. The first-order chi connectivity index (χ1) is 6.24. The molecule has 3 nitrogen and oxygen atoms in total. The highest BCUT2D eigenvalue weighted by Crippen LogP contribution is 2.30. The predicted octanol–water partition coefficient (Wildman–Crippen LogP) is 2.09. The first kappa shape index (κ1) is 10.4. The molecule has 13 heavy (non-hydrogen) atoms. The molecule has 1 N–H and O–H groups in total. The fourth-order valence-corrected chi connectivity index (χ4v) is 2.37. The summed E-state index contributed by atoms with van der Waals surface area (Å²) in [4.78, 5) is 10.6. The van der Waals surface area contributed by atoms with E-state index in [2.05, 4.69) is 0 Å². The van der Waals surface area contributed by atoms with Crippen molar-refractivity contribution in [1.29, 1.82) is 5.26 Å². The Morgan fingerprint density at radius 2 is 2.08 bits per heavy atom. The molecule has 72 valence electrons. The number of carboxylic acid groups (broad SMARTS) is 1. The van der Waals surface area contributed by atoms with Crippen LogP contribution >= 0.6 is 11.8 Å². The maximum atomic E-state index is 10.6. The molecule has 0 unspecified atom stereocenters. The van der Waals surface area contributed by atoms with Gasteiger partial charge in [-0.2, -0.15) is 5.26 Å². The summed E-state index contributed by atoms with van der Waals surface area (Å²) in [5.74, 6) is 0.623. The number of rotatable bonds is 3. The summed E-state index contributed by atoms with van der Waals surface area (Å²) < 4.78 is 0. The first-order valence-corrected chi connectivity index (χ1v) is 5.46. The van der Waals surface area contributed by atoms with Gasteiger partial charge in [0.1, 0.15) is 5.40 Å². The first-order valence-electron chi connectivity index (χ1n) is 4.47. The van der Waals surface area contributed by atoms with Crippen LogP contribution in [0.3, 0.4) is 0 Å². The van der Waals surface area contributed by atoms with Gasteiger partial charge >= 0.3 is 5.97 Å². The summed E-state index contributed by atoms with van der Waals surface area (Å²) in [7, 11) is 0. The van der Waals surface area contributed by atoms with Crippen molar-refractivity contribution in [2.45, 2.75) is 25.7 Å². The normalized spacial score (nSPS) is 27.9. The molecule has 0 aromatic heterocycles. The molecular formula is C9H13NO2S. The Balaban J connectivity index is 2.23. The monoisotopic (exact) mass is 199 g/mol. The molecule has 0 aromatic rings. The van der Waals surface area contributed by atoms with Gasteiger partial charge in [-0.25, -0.2) is 0 Å². The van der Waals surface area contributed by atoms with Crippen molar-refractivity contribution in [2.75, 3.05) is 5.75 Å². The minimum absolute atomic E-state index is 0.136. The second-order valence-electron chi connectivity index (χ2n) is 3.46. The number of aliphatic carboxylic acids is 1. The lowest BCUT2D eigenvalue weighted by molar-refractivity contribution is -0.143. The van der Waals surface area contributed by atoms with Crippen LogP contribution in [0.15, 0.2) is 0 Å². The number of hydrogen-bond donors (Lipinski definition) is 1. The third kappa shape index (κ3) is 3.27. The molecule has 0 atom stereocenters. The number of carbonyl (C=O) groups is 1. The highest BCUT2D eigenvalue weighted by molar-refractivity contribution is 8.03. The van der Waals surface area contributed by atoms with E-state index >= 15 is 0 Å². The van der Waals surface area contributed by atoms with Crippen LogP contribution < -0.4 is 0 Å². The molecule has 0 amide bonds. The van der Waals surface area contributed by atoms with Crippen LogP contribution in [0, 0.1) is 22.5 Å². The van der Waals surface area contributed by atoms with Gasteiger partial charge in [-0.1, -0.05) is 0 Å². The van der Waals surface area contributed by atoms with Crippen molar-refractivity contribution in [2.24, 2.45) is 11.8 Å². The minimum atomic E-state index is -0.661. The van der Waals surface area contributed by atoms with E-state index in [0.717, 1.165) is 31.4 Å². The molecule has 0 saturated heterocycles. The Kier molecular flexibility index (Phi) is 4.10. The molecule has 1 fully saturated rings. The average molecular weight is 199 g/mol. The van der Waals surface area contributed by atoms with Crippen molar-refractivity contribution in [3.05, 3.63) is 0 Å². The molecule has 1 aliphatic carbocycles. The smallest absolute Gasteiger partial charge is 0.306 e. The fraction of sp³-hybridized carbons (Fsp3) is 0.778. The molecule has 1 aliphatic rings. The van der Waals surface area contributed by atoms with E-state index in [9.17, 15) is 4.79 Å². The SMILES string of the molecule is N#CSCC1CCC(C(=O)O)CC1. The molecule has 0 spiro atoms. The zero-order valence-corrected chi connectivity index (χ0v) is 8.22. The van der Waals surface area contributed by atoms with E-state index < -0.39 is 5.97 Å². The Labute approximate surface area is 82.1 Å². The second kappa shape index (κ2) is 5.13. The lowest BCUT2D eigenvalue weighted by Gasteiger charge is -2.24. The Morgan fingerprint density at radius 1 is 1.46 bits per heavy atom. The molecule has 4 heteroatoms. The van der Waals surface area contributed by atoms with Gasteiger partial charge in [-0.15, -0.1) is 0 Å². The topological polar surface area (TPSA) is 61.1 Å². The molecule has 0 aliphatic heterocycles. The summed E-state index contributed by atoms with van der Waals surface area (Å²) in [6.07, 6.45) is 3.50. The van der Waals surface area contributed by atoms with Gasteiger partial charge in [0.25, 0.3) is 0 Å². The summed E-state index contributed by atoms with van der Waals surface area (Å²) in [6.45, 7) is 0. The van der Waals surface area contributed by atoms with E-state index in [4.69, 9.17) is 10.4 Å². The van der Waals surface area contributed by atoms with E-state index in [1.54, 1.807) is 0 Å². The average Bonchev–Trinajstić information content (AvgIpc) is 2.15. The quantitative estimate of drug-likeness (QED) is 0.707. The van der Waals surface area contributed by atoms with Crippen LogP contribution in [-0.4, -0.2) is 16.8 Å². The van der Waals surface area contributed by atoms with Crippen molar-refractivity contribution in [1.82, 2.24) is 0 Å². The zero-order chi connectivity index (χ0) is 9.68. The maximum Gasteiger partial charge on any atom is 0.306 e. The van der Waals surface area contributed by atoms with Gasteiger partial charge in [0, 0.05) is 5.75 Å². The van der Waals surface area contributed by atoms with E-state index in [-0.39, 0.29) is 5.92 Å². The van der Waals surface area contributed by atoms with Crippen molar-refractivity contribution in [3.8, 4) is 5.40 Å². The molecule has 0 bridgehead atoms. The molecule has 0 heterocycles. The van der Waals surface area contributed by atoms with Crippen LogP contribution in [-0.2, 0) is 4.79 Å².